The molecule has 0 bridgehead atoms. The Morgan fingerprint density at radius 1 is 0.950 bits per heavy atom. The van der Waals surface area contributed by atoms with Crippen LogP contribution >= 0.6 is 23.2 Å². The summed E-state index contributed by atoms with van der Waals surface area (Å²) in [5.41, 5.74) is 6.06. The zero-order valence-corrected chi connectivity index (χ0v) is 23.2. The lowest BCUT2D eigenvalue weighted by Crippen LogP contribution is -2.28. The molecule has 0 amide bonds. The Balaban J connectivity index is 1.68. The molecule has 0 unspecified atom stereocenters. The Morgan fingerprint density at radius 3 is 2.50 bits per heavy atom. The second-order valence-corrected chi connectivity index (χ2v) is 11.9. The lowest BCUT2D eigenvalue weighted by Gasteiger charge is -2.31. The third kappa shape index (κ3) is 3.94. The van der Waals surface area contributed by atoms with Crippen LogP contribution in [-0.2, 0) is 6.42 Å². The maximum Gasteiger partial charge on any atom is 0.165 e. The van der Waals surface area contributed by atoms with Crippen molar-refractivity contribution in [3.63, 3.8) is 0 Å². The Labute approximate surface area is 239 Å². The van der Waals surface area contributed by atoms with Gasteiger partial charge < -0.3 is 4.98 Å². The Hall–Kier alpha value is -4.00. The van der Waals surface area contributed by atoms with Crippen molar-refractivity contribution in [1.82, 2.24) is 19.7 Å². The van der Waals surface area contributed by atoms with Crippen molar-refractivity contribution in [3.8, 4) is 28.1 Å². The standard InChI is InChI=1S/C32H23Cl2FN4O/c1-32(2)14-25-28(26(40)15-32)27(21-12-7-17(33)13-23(21)34)29-30(22-16-36-24-6-4-3-5-20(22)24)38-39(31(29)37-25)19-10-8-18(35)9-11-19/h3-13,16,36H,14-15H2,1-2H3. The maximum absolute atomic E-state index is 13.9. The molecule has 0 saturated heterocycles. The number of rotatable bonds is 3. The first kappa shape index (κ1) is 25.0. The molecule has 3 aromatic heterocycles. The van der Waals surface area contributed by atoms with Crippen molar-refractivity contribution in [2.24, 2.45) is 5.41 Å². The van der Waals surface area contributed by atoms with E-state index in [0.29, 0.717) is 67.7 Å². The normalized spacial score (nSPS) is 14.7. The van der Waals surface area contributed by atoms with Crippen LogP contribution in [0.25, 0.3) is 50.0 Å². The van der Waals surface area contributed by atoms with Gasteiger partial charge in [-0.3, -0.25) is 4.79 Å². The quantitative estimate of drug-likeness (QED) is 0.232. The van der Waals surface area contributed by atoms with Crippen LogP contribution in [0.2, 0.25) is 10.0 Å². The van der Waals surface area contributed by atoms with Crippen molar-refractivity contribution >= 4 is 50.9 Å². The van der Waals surface area contributed by atoms with Gasteiger partial charge in [0.1, 0.15) is 11.5 Å². The second kappa shape index (κ2) is 9.01. The number of aromatic nitrogens is 4. The predicted octanol–water partition coefficient (Wildman–Crippen LogP) is 8.84. The number of carbonyl (C=O) groups is 1. The van der Waals surface area contributed by atoms with Crippen molar-refractivity contribution in [2.75, 3.05) is 0 Å². The second-order valence-electron chi connectivity index (χ2n) is 11.1. The number of carbonyl (C=O) groups excluding carboxylic acids is 1. The number of pyridine rings is 1. The van der Waals surface area contributed by atoms with Gasteiger partial charge >= 0.3 is 0 Å². The predicted molar refractivity (Wildman–Crippen MR) is 158 cm³/mol. The Bertz CT molecular complexity index is 1990. The van der Waals surface area contributed by atoms with E-state index < -0.39 is 0 Å². The molecule has 0 saturated carbocycles. The molecular formula is C32H23Cl2FN4O. The summed E-state index contributed by atoms with van der Waals surface area (Å²) in [6.07, 6.45) is 2.91. The first-order valence-corrected chi connectivity index (χ1v) is 13.7. The molecule has 6 aromatic rings. The van der Waals surface area contributed by atoms with Crippen molar-refractivity contribution in [1.29, 1.82) is 0 Å². The van der Waals surface area contributed by atoms with Gasteiger partial charge in [-0.25, -0.2) is 14.1 Å². The number of aromatic amines is 1. The minimum Gasteiger partial charge on any atom is -0.360 e. The molecule has 5 nitrogen and oxygen atoms in total. The van der Waals surface area contributed by atoms with Crippen LogP contribution < -0.4 is 0 Å². The molecule has 0 atom stereocenters. The largest absolute Gasteiger partial charge is 0.360 e. The fraction of sp³-hybridized carbons (Fsp3) is 0.156. The maximum atomic E-state index is 13.9. The van der Waals surface area contributed by atoms with Gasteiger partial charge in [-0.15, -0.1) is 0 Å². The number of halogens is 3. The molecule has 1 N–H and O–H groups in total. The number of fused-ring (bicyclic) bond motifs is 3. The summed E-state index contributed by atoms with van der Waals surface area (Å²) in [6, 6.07) is 19.4. The highest BCUT2D eigenvalue weighted by Crippen LogP contribution is 2.47. The first-order chi connectivity index (χ1) is 19.2. The van der Waals surface area contributed by atoms with Crippen molar-refractivity contribution in [3.05, 3.63) is 100 Å². The SMILES string of the molecule is CC1(C)CC(=O)c2c(nc3c(c(-c4c[nH]c5ccccc45)nn3-c3ccc(F)cc3)c2-c2ccc(Cl)cc2Cl)C1. The fourth-order valence-electron chi connectivity index (χ4n) is 5.84. The number of Topliss-reactive ketones (excluding diaryl/α,β-unsaturated/α-hetero) is 1. The smallest absolute Gasteiger partial charge is 0.165 e. The molecular weight excluding hydrogens is 546 g/mol. The van der Waals surface area contributed by atoms with Crippen LogP contribution in [0.1, 0.15) is 36.3 Å². The van der Waals surface area contributed by atoms with Gasteiger partial charge in [0.15, 0.2) is 11.4 Å². The summed E-state index contributed by atoms with van der Waals surface area (Å²) in [5, 5.41) is 7.69. The summed E-state index contributed by atoms with van der Waals surface area (Å²) in [6.45, 7) is 4.15. The molecule has 3 heterocycles. The molecule has 40 heavy (non-hydrogen) atoms. The summed E-state index contributed by atoms with van der Waals surface area (Å²) >= 11 is 13.1. The summed E-state index contributed by atoms with van der Waals surface area (Å²) in [4.78, 5) is 22.3. The highest BCUT2D eigenvalue weighted by Gasteiger charge is 2.37. The van der Waals surface area contributed by atoms with E-state index in [-0.39, 0.29) is 17.0 Å². The van der Waals surface area contributed by atoms with Gasteiger partial charge in [-0.05, 0) is 54.3 Å². The number of H-pyrrole nitrogens is 1. The molecule has 0 aliphatic heterocycles. The van der Waals surface area contributed by atoms with E-state index in [1.54, 1.807) is 28.9 Å². The number of hydrogen-bond donors (Lipinski definition) is 1. The Kier molecular flexibility index (Phi) is 5.63. The number of benzene rings is 3. The van der Waals surface area contributed by atoms with E-state index in [2.05, 4.69) is 18.8 Å². The molecule has 3 aromatic carbocycles. The molecule has 8 heteroatoms. The van der Waals surface area contributed by atoms with Crippen LogP contribution in [0.4, 0.5) is 4.39 Å². The van der Waals surface area contributed by atoms with Gasteiger partial charge in [0.05, 0.1) is 16.8 Å². The lowest BCUT2D eigenvalue weighted by molar-refractivity contribution is 0.0911. The Morgan fingerprint density at radius 2 is 1.73 bits per heavy atom. The molecule has 198 valence electrons. The number of nitrogens with zero attached hydrogens (tertiary/aromatic N) is 3. The average Bonchev–Trinajstić information content (AvgIpc) is 3.49. The topological polar surface area (TPSA) is 63.6 Å². The van der Waals surface area contributed by atoms with E-state index in [1.807, 2.05) is 36.5 Å². The monoisotopic (exact) mass is 568 g/mol. The van der Waals surface area contributed by atoms with E-state index >= 15 is 0 Å². The summed E-state index contributed by atoms with van der Waals surface area (Å²) in [5.74, 6) is -0.329. The number of ketones is 1. The van der Waals surface area contributed by atoms with Crippen molar-refractivity contribution in [2.45, 2.75) is 26.7 Å². The van der Waals surface area contributed by atoms with Gasteiger partial charge in [0, 0.05) is 55.8 Å². The third-order valence-electron chi connectivity index (χ3n) is 7.57. The lowest BCUT2D eigenvalue weighted by atomic mass is 9.73. The highest BCUT2D eigenvalue weighted by atomic mass is 35.5. The summed E-state index contributed by atoms with van der Waals surface area (Å²) in [7, 11) is 0. The van der Waals surface area contributed by atoms with Crippen LogP contribution in [0.15, 0.2) is 72.9 Å². The molecule has 0 radical (unpaired) electrons. The number of nitrogens with one attached hydrogen (secondary N) is 1. The number of hydrogen-bond acceptors (Lipinski definition) is 3. The van der Waals surface area contributed by atoms with E-state index in [4.69, 9.17) is 33.3 Å². The summed E-state index contributed by atoms with van der Waals surface area (Å²) < 4.78 is 15.7. The van der Waals surface area contributed by atoms with E-state index in [9.17, 15) is 9.18 Å². The highest BCUT2D eigenvalue weighted by molar-refractivity contribution is 6.37. The molecule has 0 spiro atoms. The van der Waals surface area contributed by atoms with Gasteiger partial charge in [-0.2, -0.15) is 5.10 Å². The minimum absolute atomic E-state index is 0.0149. The van der Waals surface area contributed by atoms with Gasteiger partial charge in [0.2, 0.25) is 0 Å². The average molecular weight is 569 g/mol. The first-order valence-electron chi connectivity index (χ1n) is 13.0. The van der Waals surface area contributed by atoms with Crippen LogP contribution in [-0.4, -0.2) is 25.5 Å². The van der Waals surface area contributed by atoms with E-state index in [1.165, 1.54) is 12.1 Å². The third-order valence-corrected chi connectivity index (χ3v) is 8.12. The van der Waals surface area contributed by atoms with Gasteiger partial charge in [-0.1, -0.05) is 61.3 Å². The molecule has 1 aliphatic carbocycles. The zero-order valence-electron chi connectivity index (χ0n) is 21.7. The molecule has 0 fully saturated rings. The minimum atomic E-state index is -0.344. The van der Waals surface area contributed by atoms with Gasteiger partial charge in [0.25, 0.3) is 0 Å². The van der Waals surface area contributed by atoms with E-state index in [0.717, 1.165) is 16.5 Å². The van der Waals surface area contributed by atoms with Crippen LogP contribution in [0.3, 0.4) is 0 Å². The zero-order chi connectivity index (χ0) is 27.8. The van der Waals surface area contributed by atoms with Crippen molar-refractivity contribution < 1.29 is 9.18 Å². The fourth-order valence-corrected chi connectivity index (χ4v) is 6.35. The molecule has 1 aliphatic rings. The number of para-hydroxylation sites is 1. The van der Waals surface area contributed by atoms with Crippen LogP contribution in [0.5, 0.6) is 0 Å². The molecule has 7 rings (SSSR count). The van der Waals surface area contributed by atoms with Crippen LogP contribution in [0, 0.1) is 11.2 Å².